The van der Waals surface area contributed by atoms with Crippen LogP contribution in [-0.4, -0.2) is 42.2 Å². The van der Waals surface area contributed by atoms with E-state index in [-0.39, 0.29) is 24.5 Å². The van der Waals surface area contributed by atoms with Crippen molar-refractivity contribution in [3.05, 3.63) is 65.6 Å². The Kier molecular flexibility index (Phi) is 7.06. The van der Waals surface area contributed by atoms with Crippen LogP contribution in [0.4, 0.5) is 13.2 Å². The van der Waals surface area contributed by atoms with Crippen molar-refractivity contribution < 1.29 is 22.4 Å². The van der Waals surface area contributed by atoms with Crippen LogP contribution in [0.2, 0.25) is 5.15 Å². The van der Waals surface area contributed by atoms with Crippen molar-refractivity contribution in [3.8, 4) is 11.3 Å². The standard InChI is InChI=1S/C24H20ClF3N6O2S/c1-13-2-3-18(34(13)37-20-9-16-19(36-20)5-7-30-21(16)25)22(35)31-10-14-4-6-29-17(8-14)15-11-32-23(33-12-15)24(26,27)28/h4-9,11-13,18H,2-3,10H2,1H3,(H,31,35)/t13-,18-/m0/s1. The number of fused-ring (bicyclic) bond motifs is 1. The molecular weight excluding hydrogens is 529 g/mol. The fourth-order valence-electron chi connectivity index (χ4n) is 4.07. The van der Waals surface area contributed by atoms with Crippen LogP contribution < -0.4 is 5.32 Å². The molecule has 0 aromatic carbocycles. The SMILES string of the molecule is C[C@H]1CC[C@@H](C(=O)NCc2ccnc(-c3cnc(C(F)(F)F)nc3)c2)N1Sc1cc2c(Cl)nccc2o1. The molecule has 0 aliphatic carbocycles. The Labute approximate surface area is 218 Å². The van der Waals surface area contributed by atoms with Gasteiger partial charge in [0.25, 0.3) is 0 Å². The number of carbonyl (C=O) groups excluding carboxylic acids is 1. The molecule has 13 heteroatoms. The van der Waals surface area contributed by atoms with Gasteiger partial charge in [-0.2, -0.15) is 13.2 Å². The molecular formula is C24H20ClF3N6O2S. The first kappa shape index (κ1) is 25.4. The van der Waals surface area contributed by atoms with Crippen LogP contribution in [0, 0.1) is 0 Å². The van der Waals surface area contributed by atoms with E-state index in [1.54, 1.807) is 24.4 Å². The van der Waals surface area contributed by atoms with Crippen LogP contribution in [0.1, 0.15) is 31.2 Å². The van der Waals surface area contributed by atoms with Gasteiger partial charge in [0.2, 0.25) is 11.7 Å². The summed E-state index contributed by atoms with van der Waals surface area (Å²) in [6.45, 7) is 2.28. The molecule has 1 saturated heterocycles. The lowest BCUT2D eigenvalue weighted by atomic mass is 10.1. The van der Waals surface area contributed by atoms with Gasteiger partial charge in [-0.1, -0.05) is 11.6 Å². The van der Waals surface area contributed by atoms with E-state index < -0.39 is 12.0 Å². The average molecular weight is 549 g/mol. The molecule has 0 bridgehead atoms. The van der Waals surface area contributed by atoms with Crippen molar-refractivity contribution in [2.45, 2.75) is 49.7 Å². The molecule has 0 radical (unpaired) electrons. The van der Waals surface area contributed by atoms with Crippen molar-refractivity contribution in [3.63, 3.8) is 0 Å². The summed E-state index contributed by atoms with van der Waals surface area (Å²) >= 11 is 7.52. The number of nitrogens with one attached hydrogen (secondary N) is 1. The zero-order valence-corrected chi connectivity index (χ0v) is 20.9. The predicted octanol–water partition coefficient (Wildman–Crippen LogP) is 5.53. The third-order valence-electron chi connectivity index (χ3n) is 5.96. The van der Waals surface area contributed by atoms with Gasteiger partial charge in [0.15, 0.2) is 5.09 Å². The third kappa shape index (κ3) is 5.55. The van der Waals surface area contributed by atoms with E-state index in [2.05, 4.69) is 32.2 Å². The van der Waals surface area contributed by atoms with Gasteiger partial charge < -0.3 is 9.73 Å². The highest BCUT2D eigenvalue weighted by atomic mass is 35.5. The zero-order chi connectivity index (χ0) is 26.2. The Morgan fingerprint density at radius 2 is 1.92 bits per heavy atom. The van der Waals surface area contributed by atoms with Gasteiger partial charge in [-0.15, -0.1) is 0 Å². The number of hydrogen-bond donors (Lipinski definition) is 1. The van der Waals surface area contributed by atoms with Crippen LogP contribution in [0.5, 0.6) is 0 Å². The number of nitrogens with zero attached hydrogens (tertiary/aromatic N) is 5. The summed E-state index contributed by atoms with van der Waals surface area (Å²) in [7, 11) is 0. The van der Waals surface area contributed by atoms with Crippen LogP contribution in [-0.2, 0) is 17.5 Å². The summed E-state index contributed by atoms with van der Waals surface area (Å²) in [5, 5.41) is 4.65. The van der Waals surface area contributed by atoms with E-state index in [0.29, 0.717) is 38.9 Å². The van der Waals surface area contributed by atoms with Gasteiger partial charge >= 0.3 is 6.18 Å². The number of alkyl halides is 3. The number of rotatable bonds is 6. The number of hydrogen-bond acceptors (Lipinski definition) is 8. The number of amides is 1. The third-order valence-corrected chi connectivity index (χ3v) is 7.47. The highest BCUT2D eigenvalue weighted by Gasteiger charge is 2.37. The Hall–Kier alpha value is -3.22. The molecule has 8 nitrogen and oxygen atoms in total. The number of furan rings is 1. The van der Waals surface area contributed by atoms with E-state index >= 15 is 0 Å². The Balaban J connectivity index is 1.25. The van der Waals surface area contributed by atoms with E-state index in [1.807, 2.05) is 10.4 Å². The molecule has 1 amide bonds. The number of aromatic nitrogens is 4. The second-order valence-electron chi connectivity index (χ2n) is 8.53. The summed E-state index contributed by atoms with van der Waals surface area (Å²) in [4.78, 5) is 28.1. The lowest BCUT2D eigenvalue weighted by molar-refractivity contribution is -0.145. The second kappa shape index (κ2) is 10.3. The van der Waals surface area contributed by atoms with Gasteiger partial charge in [0, 0.05) is 49.0 Å². The van der Waals surface area contributed by atoms with Crippen molar-refractivity contribution in [2.75, 3.05) is 0 Å². The van der Waals surface area contributed by atoms with Gasteiger partial charge in [-0.25, -0.2) is 19.3 Å². The summed E-state index contributed by atoms with van der Waals surface area (Å²) < 4.78 is 46.1. The highest BCUT2D eigenvalue weighted by molar-refractivity contribution is 7.97. The molecule has 5 heterocycles. The molecule has 37 heavy (non-hydrogen) atoms. The zero-order valence-electron chi connectivity index (χ0n) is 19.4. The smallest absolute Gasteiger partial charge is 0.448 e. The lowest BCUT2D eigenvalue weighted by Crippen LogP contribution is -2.41. The van der Waals surface area contributed by atoms with Crippen molar-refractivity contribution >= 4 is 40.4 Å². The summed E-state index contributed by atoms with van der Waals surface area (Å²) in [5.41, 5.74) is 2.12. The lowest BCUT2D eigenvalue weighted by Gasteiger charge is -2.25. The summed E-state index contributed by atoms with van der Waals surface area (Å²) in [5.74, 6) is -1.35. The molecule has 1 aliphatic rings. The predicted molar refractivity (Wildman–Crippen MR) is 131 cm³/mol. The van der Waals surface area contributed by atoms with E-state index in [0.717, 1.165) is 24.4 Å². The minimum atomic E-state index is -4.61. The quantitative estimate of drug-likeness (QED) is 0.248. The van der Waals surface area contributed by atoms with E-state index in [4.69, 9.17) is 16.0 Å². The molecule has 5 rings (SSSR count). The first-order chi connectivity index (χ1) is 17.7. The topological polar surface area (TPSA) is 97.0 Å². The minimum absolute atomic E-state index is 0.135. The molecule has 192 valence electrons. The number of halogens is 4. The first-order valence-electron chi connectivity index (χ1n) is 11.3. The highest BCUT2D eigenvalue weighted by Crippen LogP contribution is 2.38. The van der Waals surface area contributed by atoms with Crippen LogP contribution in [0.15, 0.2) is 58.6 Å². The Bertz CT molecular complexity index is 1430. The van der Waals surface area contributed by atoms with Gasteiger partial charge in [0.1, 0.15) is 10.7 Å². The molecule has 2 atom stereocenters. The normalized spacial score (nSPS) is 18.4. The second-order valence-corrected chi connectivity index (χ2v) is 9.90. The summed E-state index contributed by atoms with van der Waals surface area (Å²) in [6.07, 6.45) is 2.18. The number of carbonyl (C=O) groups is 1. The Morgan fingerprint density at radius 3 is 2.65 bits per heavy atom. The molecule has 0 spiro atoms. The molecule has 1 N–H and O–H groups in total. The van der Waals surface area contributed by atoms with Crippen LogP contribution in [0.3, 0.4) is 0 Å². The van der Waals surface area contributed by atoms with Crippen LogP contribution in [0.25, 0.3) is 22.2 Å². The minimum Gasteiger partial charge on any atom is -0.448 e. The van der Waals surface area contributed by atoms with Crippen molar-refractivity contribution in [1.82, 2.24) is 29.6 Å². The first-order valence-corrected chi connectivity index (χ1v) is 12.5. The van der Waals surface area contributed by atoms with Gasteiger partial charge in [-0.05, 0) is 55.5 Å². The van der Waals surface area contributed by atoms with E-state index in [9.17, 15) is 18.0 Å². The maximum absolute atomic E-state index is 13.1. The largest absolute Gasteiger partial charge is 0.451 e. The average Bonchev–Trinajstić information content (AvgIpc) is 3.46. The van der Waals surface area contributed by atoms with Crippen LogP contribution >= 0.6 is 23.5 Å². The fraction of sp³-hybridized carbons (Fsp3) is 0.292. The van der Waals surface area contributed by atoms with Crippen molar-refractivity contribution in [2.24, 2.45) is 0 Å². The summed E-state index contributed by atoms with van der Waals surface area (Å²) in [6, 6.07) is 6.75. The molecule has 1 aliphatic heterocycles. The maximum Gasteiger partial charge on any atom is 0.451 e. The monoisotopic (exact) mass is 548 g/mol. The molecule has 1 fully saturated rings. The maximum atomic E-state index is 13.1. The molecule has 4 aromatic heterocycles. The molecule has 0 saturated carbocycles. The Morgan fingerprint density at radius 1 is 1.16 bits per heavy atom. The molecule has 0 unspecified atom stereocenters. The van der Waals surface area contributed by atoms with Gasteiger partial charge in [0.05, 0.1) is 17.1 Å². The van der Waals surface area contributed by atoms with E-state index in [1.165, 1.54) is 18.1 Å². The van der Waals surface area contributed by atoms with Gasteiger partial charge in [-0.3, -0.25) is 9.78 Å². The fourth-order valence-corrected chi connectivity index (χ4v) is 5.40. The molecule has 4 aromatic rings. The van der Waals surface area contributed by atoms with Crippen molar-refractivity contribution in [1.29, 1.82) is 0 Å². The number of pyridine rings is 2.